The van der Waals surface area contributed by atoms with Gasteiger partial charge >= 0.3 is 0 Å². The molecule has 1 saturated heterocycles. The van der Waals surface area contributed by atoms with E-state index in [1.54, 1.807) is 28.6 Å². The van der Waals surface area contributed by atoms with Gasteiger partial charge in [0.2, 0.25) is 10.0 Å². The molecular weight excluding hydrogens is 246 g/mol. The topological polar surface area (TPSA) is 37.4 Å². The van der Waals surface area contributed by atoms with Gasteiger partial charge in [-0.1, -0.05) is 12.1 Å². The highest BCUT2D eigenvalue weighted by Crippen LogP contribution is 2.21. The Labute approximate surface area is 101 Å². The summed E-state index contributed by atoms with van der Waals surface area (Å²) in [6, 6.07) is 6.78. The highest BCUT2D eigenvalue weighted by atomic mass is 35.5. The van der Waals surface area contributed by atoms with Gasteiger partial charge in [0.25, 0.3) is 0 Å². The second kappa shape index (κ2) is 4.73. The van der Waals surface area contributed by atoms with Gasteiger partial charge in [-0.3, -0.25) is 0 Å². The quantitative estimate of drug-likeness (QED) is 0.781. The van der Waals surface area contributed by atoms with Gasteiger partial charge in [0.15, 0.2) is 0 Å². The fourth-order valence-electron chi connectivity index (χ4n) is 1.83. The molecule has 0 radical (unpaired) electrons. The van der Waals surface area contributed by atoms with Gasteiger partial charge < -0.3 is 0 Å². The van der Waals surface area contributed by atoms with Crippen LogP contribution in [-0.4, -0.2) is 25.8 Å². The predicted octanol–water partition coefficient (Wildman–Crippen LogP) is 2.21. The summed E-state index contributed by atoms with van der Waals surface area (Å²) >= 11 is 5.66. The van der Waals surface area contributed by atoms with Crippen molar-refractivity contribution >= 4 is 21.6 Å². The lowest BCUT2D eigenvalue weighted by Gasteiger charge is -2.15. The van der Waals surface area contributed by atoms with Crippen molar-refractivity contribution < 1.29 is 8.42 Å². The number of sulfonamides is 1. The molecule has 3 nitrogen and oxygen atoms in total. The largest absolute Gasteiger partial charge is 0.243 e. The standard InChI is InChI=1S/C11H14ClNO2S/c12-9-10-3-5-11(6-4-10)16(14,15)13-7-1-2-8-13/h3-6H,1-2,7-9H2. The Kier molecular flexibility index (Phi) is 3.52. The zero-order valence-corrected chi connectivity index (χ0v) is 10.5. The molecule has 1 aromatic carbocycles. The molecule has 88 valence electrons. The molecule has 1 fully saturated rings. The van der Waals surface area contributed by atoms with Crippen LogP contribution in [0.5, 0.6) is 0 Å². The second-order valence-electron chi connectivity index (χ2n) is 3.89. The number of nitrogens with zero attached hydrogens (tertiary/aromatic N) is 1. The van der Waals surface area contributed by atoms with E-state index in [9.17, 15) is 8.42 Å². The molecule has 0 unspecified atom stereocenters. The molecule has 0 aromatic heterocycles. The highest BCUT2D eigenvalue weighted by molar-refractivity contribution is 7.89. The van der Waals surface area contributed by atoms with Gasteiger partial charge in [-0.15, -0.1) is 11.6 Å². The van der Waals surface area contributed by atoms with Crippen LogP contribution in [0.1, 0.15) is 18.4 Å². The third-order valence-electron chi connectivity index (χ3n) is 2.78. The first-order chi connectivity index (χ1) is 7.64. The first-order valence-corrected chi connectivity index (χ1v) is 7.27. The summed E-state index contributed by atoms with van der Waals surface area (Å²) in [5.41, 5.74) is 0.932. The maximum atomic E-state index is 12.1. The van der Waals surface area contributed by atoms with E-state index in [0.717, 1.165) is 18.4 Å². The molecule has 5 heteroatoms. The minimum atomic E-state index is -3.27. The van der Waals surface area contributed by atoms with Crippen molar-refractivity contribution in [3.63, 3.8) is 0 Å². The summed E-state index contributed by atoms with van der Waals surface area (Å²) in [4.78, 5) is 0.364. The fourth-order valence-corrected chi connectivity index (χ4v) is 3.52. The molecule has 0 atom stereocenters. The zero-order chi connectivity index (χ0) is 11.6. The van der Waals surface area contributed by atoms with E-state index in [0.29, 0.717) is 23.9 Å². The lowest BCUT2D eigenvalue weighted by atomic mass is 10.2. The average molecular weight is 260 g/mol. The van der Waals surface area contributed by atoms with Crippen molar-refractivity contribution in [1.82, 2.24) is 4.31 Å². The van der Waals surface area contributed by atoms with Gasteiger partial charge in [0.1, 0.15) is 0 Å². The Hall–Kier alpha value is -0.580. The van der Waals surface area contributed by atoms with Gasteiger partial charge in [0.05, 0.1) is 4.90 Å². The lowest BCUT2D eigenvalue weighted by molar-refractivity contribution is 0.477. The Morgan fingerprint density at radius 2 is 1.69 bits per heavy atom. The van der Waals surface area contributed by atoms with Crippen LogP contribution in [-0.2, 0) is 15.9 Å². The summed E-state index contributed by atoms with van der Waals surface area (Å²) in [7, 11) is -3.27. The van der Waals surface area contributed by atoms with Crippen LogP contribution in [0, 0.1) is 0 Å². The van der Waals surface area contributed by atoms with Crippen LogP contribution in [0.3, 0.4) is 0 Å². The van der Waals surface area contributed by atoms with Crippen molar-refractivity contribution in [2.75, 3.05) is 13.1 Å². The maximum absolute atomic E-state index is 12.1. The number of halogens is 1. The van der Waals surface area contributed by atoms with E-state index in [4.69, 9.17) is 11.6 Å². The minimum absolute atomic E-state index is 0.364. The predicted molar refractivity (Wildman–Crippen MR) is 64.0 cm³/mol. The van der Waals surface area contributed by atoms with Gasteiger partial charge in [-0.05, 0) is 30.5 Å². The Morgan fingerprint density at radius 3 is 2.19 bits per heavy atom. The molecule has 1 aliphatic heterocycles. The molecule has 2 rings (SSSR count). The van der Waals surface area contributed by atoms with E-state index in [1.807, 2.05) is 0 Å². The van der Waals surface area contributed by atoms with E-state index < -0.39 is 10.0 Å². The molecule has 0 bridgehead atoms. The van der Waals surface area contributed by atoms with Crippen LogP contribution in [0.15, 0.2) is 29.2 Å². The Morgan fingerprint density at radius 1 is 1.12 bits per heavy atom. The second-order valence-corrected chi connectivity index (χ2v) is 6.09. The number of benzene rings is 1. The van der Waals surface area contributed by atoms with Gasteiger partial charge in [-0.2, -0.15) is 4.31 Å². The van der Waals surface area contributed by atoms with Crippen molar-refractivity contribution in [1.29, 1.82) is 0 Å². The Bertz CT molecular complexity index is 449. The van der Waals surface area contributed by atoms with E-state index in [1.165, 1.54) is 0 Å². The molecule has 0 aliphatic carbocycles. The summed E-state index contributed by atoms with van der Waals surface area (Å²) in [6.07, 6.45) is 1.91. The Balaban J connectivity index is 2.28. The summed E-state index contributed by atoms with van der Waals surface area (Å²) in [5.74, 6) is 0.407. The molecule has 0 spiro atoms. The van der Waals surface area contributed by atoms with Crippen LogP contribution in [0.4, 0.5) is 0 Å². The maximum Gasteiger partial charge on any atom is 0.243 e. The molecule has 1 heterocycles. The number of alkyl halides is 1. The highest BCUT2D eigenvalue weighted by Gasteiger charge is 2.26. The van der Waals surface area contributed by atoms with Gasteiger partial charge in [-0.25, -0.2) is 8.42 Å². The summed E-state index contributed by atoms with van der Waals surface area (Å²) in [5, 5.41) is 0. The molecule has 1 aromatic rings. The van der Waals surface area contributed by atoms with Crippen LogP contribution < -0.4 is 0 Å². The third kappa shape index (κ3) is 2.24. The molecular formula is C11H14ClNO2S. The van der Waals surface area contributed by atoms with Crippen molar-refractivity contribution in [3.05, 3.63) is 29.8 Å². The fraction of sp³-hybridized carbons (Fsp3) is 0.455. The lowest BCUT2D eigenvalue weighted by Crippen LogP contribution is -2.27. The van der Waals surface area contributed by atoms with Crippen molar-refractivity contribution in [2.45, 2.75) is 23.6 Å². The van der Waals surface area contributed by atoms with Crippen molar-refractivity contribution in [2.24, 2.45) is 0 Å². The normalized spacial score (nSPS) is 17.8. The van der Waals surface area contributed by atoms with E-state index >= 15 is 0 Å². The average Bonchev–Trinajstić information content (AvgIpc) is 2.83. The number of hydrogen-bond donors (Lipinski definition) is 0. The number of rotatable bonds is 3. The van der Waals surface area contributed by atoms with Crippen LogP contribution in [0.2, 0.25) is 0 Å². The molecule has 0 saturated carbocycles. The minimum Gasteiger partial charge on any atom is -0.207 e. The van der Waals surface area contributed by atoms with Crippen LogP contribution >= 0.6 is 11.6 Å². The van der Waals surface area contributed by atoms with E-state index in [2.05, 4.69) is 0 Å². The molecule has 16 heavy (non-hydrogen) atoms. The first-order valence-electron chi connectivity index (χ1n) is 5.29. The smallest absolute Gasteiger partial charge is 0.207 e. The third-order valence-corrected chi connectivity index (χ3v) is 5.00. The summed E-state index contributed by atoms with van der Waals surface area (Å²) in [6.45, 7) is 1.28. The van der Waals surface area contributed by atoms with Crippen LogP contribution in [0.25, 0.3) is 0 Å². The van der Waals surface area contributed by atoms with Gasteiger partial charge in [0, 0.05) is 19.0 Å². The monoisotopic (exact) mass is 259 g/mol. The first kappa shape index (κ1) is 11.9. The summed E-state index contributed by atoms with van der Waals surface area (Å²) < 4.78 is 25.8. The van der Waals surface area contributed by atoms with E-state index in [-0.39, 0.29) is 0 Å². The number of hydrogen-bond acceptors (Lipinski definition) is 2. The zero-order valence-electron chi connectivity index (χ0n) is 8.89. The SMILES string of the molecule is O=S(=O)(c1ccc(CCl)cc1)N1CCCC1. The van der Waals surface area contributed by atoms with Crippen molar-refractivity contribution in [3.8, 4) is 0 Å². The molecule has 0 amide bonds. The molecule has 0 N–H and O–H groups in total. The molecule has 1 aliphatic rings.